The molecule has 9 heteroatoms. The van der Waals surface area contributed by atoms with Crippen molar-refractivity contribution in [3.8, 4) is 17.2 Å². The summed E-state index contributed by atoms with van der Waals surface area (Å²) in [6.07, 6.45) is 1.70. The smallest absolute Gasteiger partial charge is 0.285 e. The van der Waals surface area contributed by atoms with Crippen LogP contribution in [0.2, 0.25) is 0 Å². The number of methoxy groups -OCH3 is 2. The van der Waals surface area contributed by atoms with E-state index in [9.17, 15) is 9.59 Å². The SMILES string of the molecule is COc1ccc(C(=O)NN2C(=O)/C(=C\c3ccc(OCc4ccccc4)c(OC)c3)SC2=S)cc1. The summed E-state index contributed by atoms with van der Waals surface area (Å²) in [6, 6.07) is 21.8. The maximum absolute atomic E-state index is 12.9. The summed E-state index contributed by atoms with van der Waals surface area (Å²) in [5.41, 5.74) is 4.72. The zero-order chi connectivity index (χ0) is 24.8. The number of amides is 2. The number of ether oxygens (including phenoxy) is 3. The van der Waals surface area contributed by atoms with Crippen molar-refractivity contribution in [1.82, 2.24) is 10.4 Å². The zero-order valence-electron chi connectivity index (χ0n) is 19.0. The maximum Gasteiger partial charge on any atom is 0.285 e. The van der Waals surface area contributed by atoms with Crippen LogP contribution in [0.1, 0.15) is 21.5 Å². The predicted molar refractivity (Wildman–Crippen MR) is 139 cm³/mol. The number of hydrogen-bond donors (Lipinski definition) is 1. The van der Waals surface area contributed by atoms with Gasteiger partial charge in [-0.1, -0.05) is 48.2 Å². The number of hydrazine groups is 1. The lowest BCUT2D eigenvalue weighted by molar-refractivity contribution is -0.123. The molecule has 3 aromatic rings. The van der Waals surface area contributed by atoms with E-state index in [0.29, 0.717) is 34.3 Å². The standard InChI is InChI=1S/C26H22N2O5S2/c1-31-20-11-9-19(10-12-20)24(29)27-28-25(30)23(35-26(28)34)15-18-8-13-21(22(14-18)32-2)33-16-17-6-4-3-5-7-17/h3-15H,16H2,1-2H3,(H,27,29)/b23-15+. The van der Waals surface area contributed by atoms with Crippen molar-refractivity contribution >= 4 is 46.2 Å². The fraction of sp³-hybridized carbons (Fsp3) is 0.115. The number of benzene rings is 3. The lowest BCUT2D eigenvalue weighted by Crippen LogP contribution is -2.44. The summed E-state index contributed by atoms with van der Waals surface area (Å²) in [4.78, 5) is 25.9. The normalized spacial score (nSPS) is 14.2. The molecular weight excluding hydrogens is 484 g/mol. The van der Waals surface area contributed by atoms with Gasteiger partial charge in [-0.3, -0.25) is 15.0 Å². The molecule has 0 spiro atoms. The Labute approximate surface area is 212 Å². The van der Waals surface area contributed by atoms with Crippen LogP contribution in [0.5, 0.6) is 17.2 Å². The molecule has 0 aromatic heterocycles. The summed E-state index contributed by atoms with van der Waals surface area (Å²) in [5.74, 6) is 0.893. The molecule has 35 heavy (non-hydrogen) atoms. The van der Waals surface area contributed by atoms with E-state index in [1.165, 1.54) is 0 Å². The molecule has 0 saturated carbocycles. The highest BCUT2D eigenvalue weighted by Crippen LogP contribution is 2.34. The second kappa shape index (κ2) is 11.1. The number of thiocarbonyl (C=S) groups is 1. The summed E-state index contributed by atoms with van der Waals surface area (Å²) >= 11 is 6.42. The molecular formula is C26H22N2O5S2. The monoisotopic (exact) mass is 506 g/mol. The highest BCUT2D eigenvalue weighted by molar-refractivity contribution is 8.26. The van der Waals surface area contributed by atoms with E-state index in [4.69, 9.17) is 26.4 Å². The highest BCUT2D eigenvalue weighted by Gasteiger charge is 2.33. The van der Waals surface area contributed by atoms with Crippen LogP contribution in [0, 0.1) is 0 Å². The van der Waals surface area contributed by atoms with Crippen LogP contribution in [0.3, 0.4) is 0 Å². The topological polar surface area (TPSA) is 77.1 Å². The molecule has 0 atom stereocenters. The Morgan fingerprint density at radius 3 is 2.43 bits per heavy atom. The van der Waals surface area contributed by atoms with Gasteiger partial charge in [-0.25, -0.2) is 0 Å². The molecule has 3 aromatic carbocycles. The Bertz CT molecular complexity index is 1280. The van der Waals surface area contributed by atoms with Gasteiger partial charge in [0.15, 0.2) is 15.8 Å². The number of nitrogens with one attached hydrogen (secondary N) is 1. The van der Waals surface area contributed by atoms with Crippen molar-refractivity contribution in [2.24, 2.45) is 0 Å². The quantitative estimate of drug-likeness (QED) is 0.346. The van der Waals surface area contributed by atoms with Gasteiger partial charge in [0.2, 0.25) is 0 Å². The number of carbonyl (C=O) groups is 2. The molecule has 1 fully saturated rings. The van der Waals surface area contributed by atoms with Crippen molar-refractivity contribution < 1.29 is 23.8 Å². The van der Waals surface area contributed by atoms with E-state index >= 15 is 0 Å². The van der Waals surface area contributed by atoms with Crippen LogP contribution >= 0.6 is 24.0 Å². The second-order valence-electron chi connectivity index (χ2n) is 7.37. The number of hydrogen-bond acceptors (Lipinski definition) is 7. The van der Waals surface area contributed by atoms with Crippen molar-refractivity contribution in [2.75, 3.05) is 14.2 Å². The summed E-state index contributed by atoms with van der Waals surface area (Å²) in [7, 11) is 3.10. The Kier molecular flexibility index (Phi) is 7.69. The van der Waals surface area contributed by atoms with Crippen molar-refractivity contribution in [3.05, 3.63) is 94.4 Å². The molecule has 0 bridgehead atoms. The van der Waals surface area contributed by atoms with Crippen LogP contribution in [0.25, 0.3) is 6.08 Å². The average Bonchev–Trinajstić information content (AvgIpc) is 3.15. The van der Waals surface area contributed by atoms with Crippen molar-refractivity contribution in [3.63, 3.8) is 0 Å². The molecule has 2 amide bonds. The van der Waals surface area contributed by atoms with Gasteiger partial charge < -0.3 is 14.2 Å². The number of nitrogens with zero attached hydrogens (tertiary/aromatic N) is 1. The van der Waals surface area contributed by atoms with E-state index in [2.05, 4.69) is 5.43 Å². The minimum Gasteiger partial charge on any atom is -0.497 e. The first kappa shape index (κ1) is 24.3. The van der Waals surface area contributed by atoms with E-state index in [1.54, 1.807) is 56.7 Å². The first-order valence-electron chi connectivity index (χ1n) is 10.6. The fourth-order valence-electron chi connectivity index (χ4n) is 3.25. The van der Waals surface area contributed by atoms with Gasteiger partial charge in [0, 0.05) is 5.56 Å². The molecule has 0 radical (unpaired) electrons. The first-order chi connectivity index (χ1) is 17.0. The molecule has 1 aliphatic heterocycles. The maximum atomic E-state index is 12.9. The summed E-state index contributed by atoms with van der Waals surface area (Å²) in [5, 5.41) is 1.08. The first-order valence-corrected chi connectivity index (χ1v) is 11.8. The molecule has 178 valence electrons. The lowest BCUT2D eigenvalue weighted by atomic mass is 10.2. The molecule has 0 unspecified atom stereocenters. The Morgan fingerprint density at radius 2 is 1.74 bits per heavy atom. The predicted octanol–water partition coefficient (Wildman–Crippen LogP) is 4.83. The number of carbonyl (C=O) groups excluding carboxylic acids is 2. The van der Waals surface area contributed by atoms with Crippen LogP contribution in [-0.4, -0.2) is 35.4 Å². The van der Waals surface area contributed by atoms with Gasteiger partial charge in [-0.15, -0.1) is 0 Å². The van der Waals surface area contributed by atoms with E-state index in [0.717, 1.165) is 27.9 Å². The Morgan fingerprint density at radius 1 is 1.00 bits per heavy atom. The molecule has 7 nitrogen and oxygen atoms in total. The Hall–Kier alpha value is -3.82. The van der Waals surface area contributed by atoms with Gasteiger partial charge >= 0.3 is 0 Å². The summed E-state index contributed by atoms with van der Waals surface area (Å²) in [6.45, 7) is 0.406. The minimum absolute atomic E-state index is 0.234. The number of thioether (sulfide) groups is 1. The van der Waals surface area contributed by atoms with E-state index in [-0.39, 0.29) is 4.32 Å². The van der Waals surface area contributed by atoms with Gasteiger partial charge in [-0.2, -0.15) is 5.01 Å². The zero-order valence-corrected chi connectivity index (χ0v) is 20.7. The average molecular weight is 507 g/mol. The molecule has 1 N–H and O–H groups in total. The van der Waals surface area contributed by atoms with Gasteiger partial charge in [-0.05, 0) is 65.8 Å². The molecule has 1 aliphatic rings. The second-order valence-corrected chi connectivity index (χ2v) is 9.05. The minimum atomic E-state index is -0.452. The highest BCUT2D eigenvalue weighted by atomic mass is 32.2. The van der Waals surface area contributed by atoms with Gasteiger partial charge in [0.25, 0.3) is 11.8 Å². The van der Waals surface area contributed by atoms with E-state index < -0.39 is 11.8 Å². The van der Waals surface area contributed by atoms with Crippen LogP contribution < -0.4 is 19.6 Å². The van der Waals surface area contributed by atoms with Crippen LogP contribution in [-0.2, 0) is 11.4 Å². The van der Waals surface area contributed by atoms with Crippen molar-refractivity contribution in [1.29, 1.82) is 0 Å². The van der Waals surface area contributed by atoms with Crippen LogP contribution in [0.15, 0.2) is 77.7 Å². The van der Waals surface area contributed by atoms with Crippen molar-refractivity contribution in [2.45, 2.75) is 6.61 Å². The van der Waals surface area contributed by atoms with Gasteiger partial charge in [0.1, 0.15) is 12.4 Å². The molecule has 1 heterocycles. The molecule has 1 saturated heterocycles. The number of rotatable bonds is 8. The lowest BCUT2D eigenvalue weighted by Gasteiger charge is -2.15. The fourth-order valence-corrected chi connectivity index (χ4v) is 4.43. The summed E-state index contributed by atoms with van der Waals surface area (Å²) < 4.78 is 16.7. The van der Waals surface area contributed by atoms with Crippen LogP contribution in [0.4, 0.5) is 0 Å². The third-order valence-electron chi connectivity index (χ3n) is 5.08. The van der Waals surface area contributed by atoms with Gasteiger partial charge in [0.05, 0.1) is 19.1 Å². The Balaban J connectivity index is 1.45. The van der Waals surface area contributed by atoms with E-state index in [1.807, 2.05) is 36.4 Å². The molecule has 4 rings (SSSR count). The third-order valence-corrected chi connectivity index (χ3v) is 6.38. The molecule has 0 aliphatic carbocycles. The third kappa shape index (κ3) is 5.82. The largest absolute Gasteiger partial charge is 0.497 e.